The van der Waals surface area contributed by atoms with Gasteiger partial charge in [0.1, 0.15) is 0 Å². The molecule has 1 nitrogen and oxygen atoms in total. The Labute approximate surface area is 113 Å². The van der Waals surface area contributed by atoms with E-state index in [1.54, 1.807) is 0 Å². The number of rotatable bonds is 5. The Morgan fingerprint density at radius 3 is 2.67 bits per heavy atom. The predicted molar refractivity (Wildman–Crippen MR) is 80.0 cm³/mol. The molecule has 0 atom stereocenters. The summed E-state index contributed by atoms with van der Waals surface area (Å²) in [6.07, 6.45) is 5.37. The quantitative estimate of drug-likeness (QED) is 0.493. The molecule has 0 spiro atoms. The number of nitrogens with one attached hydrogen (secondary N) is 1. The molecule has 18 heavy (non-hydrogen) atoms. The molecule has 0 unspecified atom stereocenters. The van der Waals surface area contributed by atoms with Crippen LogP contribution in [0.25, 0.3) is 0 Å². The maximum Gasteiger partial charge on any atom is 0.0352 e. The number of benzene rings is 2. The molecule has 0 fully saturated rings. The molecule has 0 amide bonds. The largest absolute Gasteiger partial charge is 0.384 e. The first kappa shape index (κ1) is 12.6. The number of hydrogen-bond donors (Lipinski definition) is 1. The number of thioether (sulfide) groups is 1. The normalized spacial score (nSPS) is 9.72. The fraction of sp³-hybridized carbons (Fsp3) is 0.125. The van der Waals surface area contributed by atoms with Gasteiger partial charge in [0, 0.05) is 28.4 Å². The second kappa shape index (κ2) is 6.78. The molecule has 0 aliphatic heterocycles. The summed E-state index contributed by atoms with van der Waals surface area (Å²) in [5.41, 5.74) is 2.00. The van der Waals surface area contributed by atoms with Crippen molar-refractivity contribution in [2.45, 2.75) is 4.90 Å². The van der Waals surface area contributed by atoms with Crippen LogP contribution in [0.2, 0.25) is 0 Å². The van der Waals surface area contributed by atoms with Crippen LogP contribution in [0.1, 0.15) is 5.56 Å². The molecule has 90 valence electrons. The standard InChI is InChI=1S/C16H15NS/c1-2-14-7-6-8-15(13-14)17-11-12-18-16-9-4-3-5-10-16/h1,3-10,13,17H,11-12H2. The Morgan fingerprint density at radius 1 is 1.06 bits per heavy atom. The van der Waals surface area contributed by atoms with Gasteiger partial charge in [-0.2, -0.15) is 0 Å². The second-order valence-electron chi connectivity index (χ2n) is 3.81. The fourth-order valence-corrected chi connectivity index (χ4v) is 2.39. The van der Waals surface area contributed by atoms with Crippen LogP contribution in [0, 0.1) is 12.3 Å². The van der Waals surface area contributed by atoms with E-state index in [4.69, 9.17) is 6.42 Å². The first-order valence-corrected chi connectivity index (χ1v) is 6.85. The molecular formula is C16H15NS. The molecule has 0 saturated carbocycles. The van der Waals surface area contributed by atoms with E-state index < -0.39 is 0 Å². The van der Waals surface area contributed by atoms with Crippen LogP contribution in [0.4, 0.5) is 5.69 Å². The minimum absolute atomic E-state index is 0.913. The molecule has 2 aromatic rings. The van der Waals surface area contributed by atoms with Crippen LogP contribution in [-0.2, 0) is 0 Å². The van der Waals surface area contributed by atoms with Gasteiger partial charge >= 0.3 is 0 Å². The zero-order valence-corrected chi connectivity index (χ0v) is 10.9. The molecule has 2 heteroatoms. The molecule has 0 heterocycles. The average Bonchev–Trinajstić information content (AvgIpc) is 2.45. The molecule has 0 aliphatic rings. The van der Waals surface area contributed by atoms with E-state index in [1.807, 2.05) is 42.1 Å². The average molecular weight is 253 g/mol. The first-order chi connectivity index (χ1) is 8.88. The number of terminal acetylenes is 1. The van der Waals surface area contributed by atoms with Crippen molar-refractivity contribution in [2.75, 3.05) is 17.6 Å². The number of hydrogen-bond acceptors (Lipinski definition) is 2. The highest BCUT2D eigenvalue weighted by Gasteiger charge is 1.94. The van der Waals surface area contributed by atoms with Crippen LogP contribution in [-0.4, -0.2) is 12.3 Å². The van der Waals surface area contributed by atoms with Crippen molar-refractivity contribution in [3.8, 4) is 12.3 Å². The van der Waals surface area contributed by atoms with Crippen molar-refractivity contribution in [3.05, 3.63) is 60.2 Å². The zero-order chi connectivity index (χ0) is 12.6. The Morgan fingerprint density at radius 2 is 1.89 bits per heavy atom. The summed E-state index contributed by atoms with van der Waals surface area (Å²) in [7, 11) is 0. The van der Waals surface area contributed by atoms with Crippen molar-refractivity contribution in [3.63, 3.8) is 0 Å². The highest BCUT2D eigenvalue weighted by Crippen LogP contribution is 2.17. The predicted octanol–water partition coefficient (Wildman–Crippen LogP) is 3.87. The van der Waals surface area contributed by atoms with Crippen molar-refractivity contribution >= 4 is 17.4 Å². The SMILES string of the molecule is C#Cc1cccc(NCCSc2ccccc2)c1. The van der Waals surface area contributed by atoms with E-state index in [1.165, 1.54) is 4.90 Å². The van der Waals surface area contributed by atoms with E-state index in [0.29, 0.717) is 0 Å². The van der Waals surface area contributed by atoms with Crippen LogP contribution in [0.15, 0.2) is 59.5 Å². The van der Waals surface area contributed by atoms with Gasteiger partial charge in [0.15, 0.2) is 0 Å². The molecule has 0 aliphatic carbocycles. The van der Waals surface area contributed by atoms with E-state index in [2.05, 4.69) is 35.5 Å². The topological polar surface area (TPSA) is 12.0 Å². The van der Waals surface area contributed by atoms with Crippen molar-refractivity contribution < 1.29 is 0 Å². The van der Waals surface area contributed by atoms with Crippen LogP contribution < -0.4 is 5.32 Å². The van der Waals surface area contributed by atoms with Crippen molar-refractivity contribution in [1.82, 2.24) is 0 Å². The lowest BCUT2D eigenvalue weighted by atomic mass is 10.2. The molecule has 0 saturated heterocycles. The lowest BCUT2D eigenvalue weighted by Gasteiger charge is -2.06. The minimum Gasteiger partial charge on any atom is -0.384 e. The van der Waals surface area contributed by atoms with E-state index in [0.717, 1.165) is 23.5 Å². The summed E-state index contributed by atoms with van der Waals surface area (Å²) in [5, 5.41) is 3.37. The summed E-state index contributed by atoms with van der Waals surface area (Å²) >= 11 is 1.85. The Bertz CT molecular complexity index is 528. The van der Waals surface area contributed by atoms with Gasteiger partial charge in [0.25, 0.3) is 0 Å². The molecule has 1 N–H and O–H groups in total. The molecular weight excluding hydrogens is 238 g/mol. The highest BCUT2D eigenvalue weighted by atomic mass is 32.2. The third kappa shape index (κ3) is 3.87. The fourth-order valence-electron chi connectivity index (χ4n) is 1.60. The summed E-state index contributed by atoms with van der Waals surface area (Å²) < 4.78 is 0. The van der Waals surface area contributed by atoms with E-state index in [9.17, 15) is 0 Å². The Kier molecular flexibility index (Phi) is 4.75. The summed E-state index contributed by atoms with van der Waals surface area (Å²) in [4.78, 5) is 1.30. The molecule has 0 bridgehead atoms. The third-order valence-corrected chi connectivity index (χ3v) is 3.49. The van der Waals surface area contributed by atoms with Gasteiger partial charge in [-0.25, -0.2) is 0 Å². The summed E-state index contributed by atoms with van der Waals surface area (Å²) in [6.45, 7) is 0.924. The maximum absolute atomic E-state index is 5.37. The monoisotopic (exact) mass is 253 g/mol. The van der Waals surface area contributed by atoms with Gasteiger partial charge in [0.2, 0.25) is 0 Å². The van der Waals surface area contributed by atoms with Crippen molar-refractivity contribution in [2.24, 2.45) is 0 Å². The van der Waals surface area contributed by atoms with Gasteiger partial charge in [-0.05, 0) is 30.3 Å². The van der Waals surface area contributed by atoms with Crippen LogP contribution in [0.5, 0.6) is 0 Å². The molecule has 2 rings (SSSR count). The highest BCUT2D eigenvalue weighted by molar-refractivity contribution is 7.99. The Hall–Kier alpha value is -1.85. The summed E-state index contributed by atoms with van der Waals surface area (Å²) in [6, 6.07) is 18.4. The lowest BCUT2D eigenvalue weighted by Crippen LogP contribution is -2.03. The molecule has 2 aromatic carbocycles. The lowest BCUT2D eigenvalue weighted by molar-refractivity contribution is 1.22. The van der Waals surface area contributed by atoms with Gasteiger partial charge in [0.05, 0.1) is 0 Å². The second-order valence-corrected chi connectivity index (χ2v) is 4.98. The van der Waals surface area contributed by atoms with Crippen LogP contribution >= 0.6 is 11.8 Å². The Balaban J connectivity index is 1.77. The van der Waals surface area contributed by atoms with E-state index >= 15 is 0 Å². The molecule has 0 radical (unpaired) electrons. The maximum atomic E-state index is 5.37. The third-order valence-electron chi connectivity index (χ3n) is 2.47. The zero-order valence-electron chi connectivity index (χ0n) is 10.1. The van der Waals surface area contributed by atoms with Crippen molar-refractivity contribution in [1.29, 1.82) is 0 Å². The van der Waals surface area contributed by atoms with Gasteiger partial charge in [-0.3, -0.25) is 0 Å². The number of anilines is 1. The summed E-state index contributed by atoms with van der Waals surface area (Å²) in [5.74, 6) is 3.67. The smallest absolute Gasteiger partial charge is 0.0352 e. The van der Waals surface area contributed by atoms with Gasteiger partial charge in [-0.15, -0.1) is 18.2 Å². The van der Waals surface area contributed by atoms with E-state index in [-0.39, 0.29) is 0 Å². The van der Waals surface area contributed by atoms with Gasteiger partial charge < -0.3 is 5.32 Å². The molecule has 0 aromatic heterocycles. The van der Waals surface area contributed by atoms with Crippen LogP contribution in [0.3, 0.4) is 0 Å². The first-order valence-electron chi connectivity index (χ1n) is 5.87. The van der Waals surface area contributed by atoms with Gasteiger partial charge in [-0.1, -0.05) is 30.2 Å². The minimum atomic E-state index is 0.913.